The maximum atomic E-state index is 12.3. The summed E-state index contributed by atoms with van der Waals surface area (Å²) in [6.45, 7) is 0.418. The second-order valence-electron chi connectivity index (χ2n) is 5.56. The van der Waals surface area contributed by atoms with Gasteiger partial charge in [0.15, 0.2) is 0 Å². The first-order valence-corrected chi connectivity index (χ1v) is 7.62. The molecule has 0 aliphatic rings. The molecule has 0 saturated heterocycles. The number of benzene rings is 1. The van der Waals surface area contributed by atoms with Gasteiger partial charge in [0.05, 0.1) is 0 Å². The predicted octanol–water partition coefficient (Wildman–Crippen LogP) is 2.14. The normalized spacial score (nSPS) is 12.2. The van der Waals surface area contributed by atoms with E-state index in [1.54, 1.807) is 12.3 Å². The van der Waals surface area contributed by atoms with Crippen LogP contribution in [0.4, 0.5) is 0 Å². The molecule has 0 fully saturated rings. The Morgan fingerprint density at radius 1 is 1.26 bits per heavy atom. The summed E-state index contributed by atoms with van der Waals surface area (Å²) in [5, 5.41) is 13.5. The Labute approximate surface area is 134 Å². The zero-order valence-electron chi connectivity index (χ0n) is 12.7. The number of aliphatic hydroxyl groups is 1. The van der Waals surface area contributed by atoms with Crippen LogP contribution in [0.5, 0.6) is 0 Å². The number of fused-ring (bicyclic) bond motifs is 1. The minimum Gasteiger partial charge on any atom is -0.396 e. The third-order valence-electron chi connectivity index (χ3n) is 3.85. The average molecular weight is 309 g/mol. The molecule has 23 heavy (non-hydrogen) atoms. The molecule has 3 rings (SSSR count). The van der Waals surface area contributed by atoms with Gasteiger partial charge in [-0.15, -0.1) is 0 Å². The van der Waals surface area contributed by atoms with Gasteiger partial charge in [-0.2, -0.15) is 0 Å². The molecular weight excluding hydrogens is 290 g/mol. The fourth-order valence-electron chi connectivity index (χ4n) is 2.54. The summed E-state index contributed by atoms with van der Waals surface area (Å²) >= 11 is 0. The maximum absolute atomic E-state index is 12.3. The van der Waals surface area contributed by atoms with Crippen LogP contribution in [0.1, 0.15) is 16.1 Å². The van der Waals surface area contributed by atoms with E-state index < -0.39 is 0 Å². The number of rotatable bonds is 6. The van der Waals surface area contributed by atoms with E-state index in [1.165, 1.54) is 0 Å². The van der Waals surface area contributed by atoms with Gasteiger partial charge in [-0.05, 0) is 42.1 Å². The number of carbonyl (C=O) groups is 1. The van der Waals surface area contributed by atoms with Crippen molar-refractivity contribution in [1.29, 1.82) is 0 Å². The van der Waals surface area contributed by atoms with Gasteiger partial charge in [0.1, 0.15) is 0 Å². The molecule has 0 unspecified atom stereocenters. The van der Waals surface area contributed by atoms with E-state index in [2.05, 4.69) is 15.3 Å². The molecule has 0 aliphatic carbocycles. The molecule has 1 atom stereocenters. The van der Waals surface area contributed by atoms with Crippen molar-refractivity contribution in [2.45, 2.75) is 6.42 Å². The van der Waals surface area contributed by atoms with Gasteiger partial charge in [0.2, 0.25) is 0 Å². The summed E-state index contributed by atoms with van der Waals surface area (Å²) in [6.07, 6.45) is 4.21. The molecule has 5 heteroatoms. The molecule has 0 radical (unpaired) electrons. The van der Waals surface area contributed by atoms with Crippen LogP contribution in [0, 0.1) is 5.92 Å². The Morgan fingerprint density at radius 3 is 2.96 bits per heavy atom. The Bertz CT molecular complexity index is 783. The average Bonchev–Trinajstić information content (AvgIpc) is 3.06. The number of aromatic nitrogens is 2. The van der Waals surface area contributed by atoms with Crippen molar-refractivity contribution in [3.05, 3.63) is 66.1 Å². The second-order valence-corrected chi connectivity index (χ2v) is 5.56. The number of aromatic amines is 1. The number of nitrogens with one attached hydrogen (secondary N) is 2. The van der Waals surface area contributed by atoms with E-state index in [4.69, 9.17) is 0 Å². The summed E-state index contributed by atoms with van der Waals surface area (Å²) in [4.78, 5) is 19.6. The first-order chi connectivity index (χ1) is 11.3. The largest absolute Gasteiger partial charge is 0.396 e. The lowest BCUT2D eigenvalue weighted by atomic mass is 10.0. The third kappa shape index (κ3) is 3.76. The van der Waals surface area contributed by atoms with Crippen LogP contribution in [0.25, 0.3) is 10.9 Å². The SMILES string of the molecule is O=C(NC[C@@H](CO)Cc1ccccn1)c1ccc2cc[nH]c2c1. The van der Waals surface area contributed by atoms with Crippen molar-refractivity contribution in [2.75, 3.05) is 13.2 Å². The molecule has 2 aromatic heterocycles. The zero-order chi connectivity index (χ0) is 16.1. The summed E-state index contributed by atoms with van der Waals surface area (Å²) < 4.78 is 0. The van der Waals surface area contributed by atoms with Gasteiger partial charge in [0, 0.05) is 48.2 Å². The van der Waals surface area contributed by atoms with Crippen molar-refractivity contribution < 1.29 is 9.90 Å². The standard InChI is InChI=1S/C18H19N3O2/c22-12-13(9-16-3-1-2-7-19-16)11-21-18(23)15-5-4-14-6-8-20-17(14)10-15/h1-8,10,13,20,22H,9,11-12H2,(H,21,23)/t13-/m0/s1. The molecule has 0 spiro atoms. The fourth-order valence-corrected chi connectivity index (χ4v) is 2.54. The molecule has 5 nitrogen and oxygen atoms in total. The van der Waals surface area contributed by atoms with Crippen molar-refractivity contribution in [3.8, 4) is 0 Å². The van der Waals surface area contributed by atoms with Crippen LogP contribution < -0.4 is 5.32 Å². The van der Waals surface area contributed by atoms with E-state index >= 15 is 0 Å². The van der Waals surface area contributed by atoms with Gasteiger partial charge >= 0.3 is 0 Å². The van der Waals surface area contributed by atoms with E-state index in [-0.39, 0.29) is 18.4 Å². The Hall–Kier alpha value is -2.66. The first kappa shape index (κ1) is 15.2. The van der Waals surface area contributed by atoms with Crippen LogP contribution in [0.2, 0.25) is 0 Å². The molecule has 2 heterocycles. The number of H-pyrrole nitrogens is 1. The topological polar surface area (TPSA) is 78.0 Å². The molecular formula is C18H19N3O2. The number of hydrogen-bond donors (Lipinski definition) is 3. The van der Waals surface area contributed by atoms with E-state index in [0.29, 0.717) is 18.5 Å². The molecule has 3 aromatic rings. The lowest BCUT2D eigenvalue weighted by molar-refractivity contribution is 0.0940. The molecule has 0 bridgehead atoms. The summed E-state index contributed by atoms with van der Waals surface area (Å²) in [5.41, 5.74) is 2.45. The third-order valence-corrected chi connectivity index (χ3v) is 3.85. The smallest absolute Gasteiger partial charge is 0.251 e. The molecule has 1 aromatic carbocycles. The zero-order valence-corrected chi connectivity index (χ0v) is 12.7. The molecule has 118 valence electrons. The van der Waals surface area contributed by atoms with Crippen LogP contribution >= 0.6 is 0 Å². The molecule has 3 N–H and O–H groups in total. The summed E-state index contributed by atoms with van der Waals surface area (Å²) in [5.74, 6) is -0.191. The van der Waals surface area contributed by atoms with Crippen molar-refractivity contribution in [3.63, 3.8) is 0 Å². The number of pyridine rings is 1. The van der Waals surface area contributed by atoms with Gasteiger partial charge in [0.25, 0.3) is 5.91 Å². The summed E-state index contributed by atoms with van der Waals surface area (Å²) in [7, 11) is 0. The van der Waals surface area contributed by atoms with E-state index in [0.717, 1.165) is 16.6 Å². The highest BCUT2D eigenvalue weighted by Gasteiger charge is 2.12. The van der Waals surface area contributed by atoms with Crippen LogP contribution in [-0.2, 0) is 6.42 Å². The van der Waals surface area contributed by atoms with E-state index in [9.17, 15) is 9.90 Å². The van der Waals surface area contributed by atoms with Crippen LogP contribution in [0.15, 0.2) is 54.9 Å². The molecule has 0 aliphatic heterocycles. The highest BCUT2D eigenvalue weighted by Crippen LogP contribution is 2.14. The maximum Gasteiger partial charge on any atom is 0.251 e. The first-order valence-electron chi connectivity index (χ1n) is 7.62. The van der Waals surface area contributed by atoms with Gasteiger partial charge in [-0.25, -0.2) is 0 Å². The van der Waals surface area contributed by atoms with Gasteiger partial charge in [-0.1, -0.05) is 12.1 Å². The van der Waals surface area contributed by atoms with E-state index in [1.807, 2.05) is 42.6 Å². The molecule has 0 saturated carbocycles. The quantitative estimate of drug-likeness (QED) is 0.653. The Balaban J connectivity index is 1.60. The highest BCUT2D eigenvalue weighted by atomic mass is 16.3. The summed E-state index contributed by atoms with van der Waals surface area (Å²) in [6, 6.07) is 13.2. The molecule has 1 amide bonds. The number of aliphatic hydroxyl groups excluding tert-OH is 1. The fraction of sp³-hybridized carbons (Fsp3) is 0.222. The van der Waals surface area contributed by atoms with Crippen molar-refractivity contribution in [1.82, 2.24) is 15.3 Å². The van der Waals surface area contributed by atoms with Crippen molar-refractivity contribution >= 4 is 16.8 Å². The lowest BCUT2D eigenvalue weighted by Gasteiger charge is -2.14. The predicted molar refractivity (Wildman–Crippen MR) is 89.1 cm³/mol. The number of amides is 1. The Morgan fingerprint density at radius 2 is 2.17 bits per heavy atom. The Kier molecular flexibility index (Phi) is 4.68. The van der Waals surface area contributed by atoms with Crippen LogP contribution in [0.3, 0.4) is 0 Å². The monoisotopic (exact) mass is 309 g/mol. The highest BCUT2D eigenvalue weighted by molar-refractivity contribution is 5.97. The minimum atomic E-state index is -0.138. The number of hydrogen-bond acceptors (Lipinski definition) is 3. The number of nitrogens with zero attached hydrogens (tertiary/aromatic N) is 1. The number of carbonyl (C=O) groups excluding carboxylic acids is 1. The van der Waals surface area contributed by atoms with Crippen LogP contribution in [-0.4, -0.2) is 34.1 Å². The van der Waals surface area contributed by atoms with Crippen molar-refractivity contribution in [2.24, 2.45) is 5.92 Å². The lowest BCUT2D eigenvalue weighted by Crippen LogP contribution is -2.32. The second kappa shape index (κ2) is 7.07. The van der Waals surface area contributed by atoms with Gasteiger partial charge in [-0.3, -0.25) is 9.78 Å². The van der Waals surface area contributed by atoms with Gasteiger partial charge < -0.3 is 15.4 Å². The minimum absolute atomic E-state index is 0.00647.